The number of carbonyl (C=O) groups excluding carboxylic acids is 1. The highest BCUT2D eigenvalue weighted by Crippen LogP contribution is 2.29. The predicted octanol–water partition coefficient (Wildman–Crippen LogP) is 4.91. The molecule has 0 aliphatic heterocycles. The van der Waals surface area contributed by atoms with Gasteiger partial charge in [-0.25, -0.2) is 0 Å². The summed E-state index contributed by atoms with van der Waals surface area (Å²) >= 11 is 0. The van der Waals surface area contributed by atoms with E-state index in [9.17, 15) is 4.79 Å². The molecule has 1 heterocycles. The highest BCUT2D eigenvalue weighted by Gasteiger charge is 2.17. The van der Waals surface area contributed by atoms with Crippen LogP contribution in [0.5, 0.6) is 11.5 Å². The molecular formula is C24H29N3O3. The maximum atomic E-state index is 12.9. The number of aromatic nitrogens is 2. The number of rotatable bonds is 8. The van der Waals surface area contributed by atoms with Gasteiger partial charge in [0.15, 0.2) is 11.5 Å². The Balaban J connectivity index is 1.81. The van der Waals surface area contributed by atoms with Crippen LogP contribution in [0.2, 0.25) is 0 Å². The molecule has 6 heteroatoms. The van der Waals surface area contributed by atoms with E-state index < -0.39 is 0 Å². The fourth-order valence-electron chi connectivity index (χ4n) is 3.39. The first kappa shape index (κ1) is 21.4. The van der Waals surface area contributed by atoms with Crippen molar-refractivity contribution in [3.63, 3.8) is 0 Å². The van der Waals surface area contributed by atoms with Crippen LogP contribution in [0.25, 0.3) is 0 Å². The van der Waals surface area contributed by atoms with E-state index in [1.54, 1.807) is 18.2 Å². The molecule has 0 saturated carbocycles. The number of hydrogen-bond donors (Lipinski definition) is 1. The first-order chi connectivity index (χ1) is 14.4. The zero-order valence-corrected chi connectivity index (χ0v) is 18.3. The van der Waals surface area contributed by atoms with Crippen molar-refractivity contribution in [1.29, 1.82) is 0 Å². The number of aryl methyl sites for hydroxylation is 2. The van der Waals surface area contributed by atoms with Crippen molar-refractivity contribution < 1.29 is 14.3 Å². The molecular weight excluding hydrogens is 378 g/mol. The smallest absolute Gasteiger partial charge is 0.255 e. The molecule has 0 fully saturated rings. The summed E-state index contributed by atoms with van der Waals surface area (Å²) in [5.41, 5.74) is 5.32. The number of hydrogen-bond acceptors (Lipinski definition) is 4. The Morgan fingerprint density at radius 1 is 1.00 bits per heavy atom. The van der Waals surface area contributed by atoms with Crippen molar-refractivity contribution in [3.05, 3.63) is 70.5 Å². The summed E-state index contributed by atoms with van der Waals surface area (Å²) < 4.78 is 13.1. The maximum Gasteiger partial charge on any atom is 0.255 e. The number of benzene rings is 2. The SMILES string of the molecule is CCOc1ccc(C(=O)Nc2c(C)nn(Cc3cccc(C)c3)c2C)cc1OCC. The van der Waals surface area contributed by atoms with Gasteiger partial charge in [0.25, 0.3) is 5.91 Å². The van der Waals surface area contributed by atoms with Crippen molar-refractivity contribution in [2.75, 3.05) is 18.5 Å². The third kappa shape index (κ3) is 4.82. The third-order valence-corrected chi connectivity index (χ3v) is 4.84. The van der Waals surface area contributed by atoms with E-state index in [0.717, 1.165) is 17.1 Å². The standard InChI is InChI=1S/C24H29N3O3/c1-6-29-21-12-11-20(14-22(21)30-7-2)24(28)25-23-17(4)26-27(18(23)5)15-19-10-8-9-16(3)13-19/h8-14H,6-7,15H2,1-5H3,(H,25,28). The van der Waals surface area contributed by atoms with Crippen molar-refractivity contribution >= 4 is 11.6 Å². The fourth-order valence-corrected chi connectivity index (χ4v) is 3.39. The molecule has 3 rings (SSSR count). The van der Waals surface area contributed by atoms with Gasteiger partial charge in [0.05, 0.1) is 36.8 Å². The third-order valence-electron chi connectivity index (χ3n) is 4.84. The van der Waals surface area contributed by atoms with Crippen LogP contribution >= 0.6 is 0 Å². The van der Waals surface area contributed by atoms with E-state index >= 15 is 0 Å². The van der Waals surface area contributed by atoms with E-state index in [2.05, 4.69) is 35.5 Å². The lowest BCUT2D eigenvalue weighted by molar-refractivity contribution is 0.102. The van der Waals surface area contributed by atoms with Crippen LogP contribution in [0.4, 0.5) is 5.69 Å². The van der Waals surface area contributed by atoms with E-state index in [4.69, 9.17) is 9.47 Å². The van der Waals surface area contributed by atoms with Gasteiger partial charge in [0.2, 0.25) is 0 Å². The molecule has 0 aliphatic rings. The normalized spacial score (nSPS) is 10.7. The van der Waals surface area contributed by atoms with Gasteiger partial charge >= 0.3 is 0 Å². The Kier molecular flexibility index (Phi) is 6.77. The van der Waals surface area contributed by atoms with Gasteiger partial charge < -0.3 is 14.8 Å². The number of amides is 1. The average Bonchev–Trinajstić information content (AvgIpc) is 2.97. The van der Waals surface area contributed by atoms with E-state index in [0.29, 0.717) is 36.8 Å². The molecule has 0 radical (unpaired) electrons. The molecule has 158 valence electrons. The van der Waals surface area contributed by atoms with E-state index in [1.165, 1.54) is 11.1 Å². The summed E-state index contributed by atoms with van der Waals surface area (Å²) in [6, 6.07) is 13.6. The molecule has 2 aromatic carbocycles. The maximum absolute atomic E-state index is 12.9. The second-order valence-corrected chi connectivity index (χ2v) is 7.17. The van der Waals surface area contributed by atoms with Crippen LogP contribution in [0.1, 0.15) is 46.7 Å². The van der Waals surface area contributed by atoms with Gasteiger partial charge in [-0.05, 0) is 58.4 Å². The predicted molar refractivity (Wildman–Crippen MR) is 119 cm³/mol. The molecule has 1 N–H and O–H groups in total. The summed E-state index contributed by atoms with van der Waals surface area (Å²) in [7, 11) is 0. The largest absolute Gasteiger partial charge is 0.490 e. The molecule has 0 bridgehead atoms. The molecule has 0 unspecified atom stereocenters. The van der Waals surface area contributed by atoms with Gasteiger partial charge in [-0.2, -0.15) is 5.10 Å². The molecule has 1 aromatic heterocycles. The molecule has 0 atom stereocenters. The highest BCUT2D eigenvalue weighted by molar-refractivity contribution is 6.05. The van der Waals surface area contributed by atoms with E-state index in [1.807, 2.05) is 38.4 Å². The zero-order chi connectivity index (χ0) is 21.7. The van der Waals surface area contributed by atoms with Gasteiger partial charge in [0, 0.05) is 5.56 Å². The number of nitrogens with one attached hydrogen (secondary N) is 1. The lowest BCUT2D eigenvalue weighted by atomic mass is 10.1. The Morgan fingerprint density at radius 2 is 1.73 bits per heavy atom. The van der Waals surface area contributed by atoms with Gasteiger partial charge in [-0.1, -0.05) is 29.8 Å². The monoisotopic (exact) mass is 407 g/mol. The van der Waals surface area contributed by atoms with Crippen LogP contribution in [-0.4, -0.2) is 28.9 Å². The van der Waals surface area contributed by atoms with Crippen molar-refractivity contribution in [3.8, 4) is 11.5 Å². The van der Waals surface area contributed by atoms with Crippen LogP contribution in [0.3, 0.4) is 0 Å². The molecule has 3 aromatic rings. The van der Waals surface area contributed by atoms with Crippen molar-refractivity contribution in [2.45, 2.75) is 41.2 Å². The molecule has 1 amide bonds. The fraction of sp³-hybridized carbons (Fsp3) is 0.333. The Morgan fingerprint density at radius 3 is 2.43 bits per heavy atom. The number of anilines is 1. The number of carbonyl (C=O) groups is 1. The van der Waals surface area contributed by atoms with Gasteiger partial charge in [-0.3, -0.25) is 9.48 Å². The quantitative estimate of drug-likeness (QED) is 0.576. The van der Waals surface area contributed by atoms with Crippen LogP contribution < -0.4 is 14.8 Å². The Hall–Kier alpha value is -3.28. The molecule has 0 aliphatic carbocycles. The minimum absolute atomic E-state index is 0.208. The minimum atomic E-state index is -0.208. The molecule has 30 heavy (non-hydrogen) atoms. The summed E-state index contributed by atoms with van der Waals surface area (Å²) in [4.78, 5) is 12.9. The second kappa shape index (κ2) is 9.48. The topological polar surface area (TPSA) is 65.4 Å². The number of ether oxygens (including phenoxy) is 2. The highest BCUT2D eigenvalue weighted by atomic mass is 16.5. The number of nitrogens with zero attached hydrogens (tertiary/aromatic N) is 2. The van der Waals surface area contributed by atoms with Crippen LogP contribution in [0, 0.1) is 20.8 Å². The van der Waals surface area contributed by atoms with Crippen LogP contribution in [0.15, 0.2) is 42.5 Å². The minimum Gasteiger partial charge on any atom is -0.490 e. The summed E-state index contributed by atoms with van der Waals surface area (Å²) in [5, 5.41) is 7.64. The molecule has 6 nitrogen and oxygen atoms in total. The van der Waals surface area contributed by atoms with E-state index in [-0.39, 0.29) is 5.91 Å². The molecule has 0 spiro atoms. The molecule has 0 saturated heterocycles. The lowest BCUT2D eigenvalue weighted by Gasteiger charge is -2.13. The second-order valence-electron chi connectivity index (χ2n) is 7.17. The average molecular weight is 408 g/mol. The lowest BCUT2D eigenvalue weighted by Crippen LogP contribution is -2.14. The summed E-state index contributed by atoms with van der Waals surface area (Å²) in [6.45, 7) is 11.4. The first-order valence-corrected chi connectivity index (χ1v) is 10.2. The summed E-state index contributed by atoms with van der Waals surface area (Å²) in [5.74, 6) is 0.991. The first-order valence-electron chi connectivity index (χ1n) is 10.2. The van der Waals surface area contributed by atoms with Crippen molar-refractivity contribution in [2.24, 2.45) is 0 Å². The van der Waals surface area contributed by atoms with Crippen LogP contribution in [-0.2, 0) is 6.54 Å². The van der Waals surface area contributed by atoms with Gasteiger partial charge in [-0.15, -0.1) is 0 Å². The Bertz CT molecular complexity index is 1040. The summed E-state index contributed by atoms with van der Waals surface area (Å²) in [6.07, 6.45) is 0. The zero-order valence-electron chi connectivity index (χ0n) is 18.3. The Labute approximate surface area is 177 Å². The van der Waals surface area contributed by atoms with Gasteiger partial charge in [0.1, 0.15) is 0 Å². The van der Waals surface area contributed by atoms with Crippen molar-refractivity contribution in [1.82, 2.24) is 9.78 Å².